The minimum atomic E-state index is -0.538. The van der Waals surface area contributed by atoms with Crippen molar-refractivity contribution in [3.63, 3.8) is 0 Å². The quantitative estimate of drug-likeness (QED) is 0.351. The number of nitrogens with one attached hydrogen (secondary N) is 1. The van der Waals surface area contributed by atoms with Crippen molar-refractivity contribution in [2.24, 2.45) is 0 Å². The fourth-order valence-electron chi connectivity index (χ4n) is 2.19. The third-order valence-corrected chi connectivity index (χ3v) is 4.64. The van der Waals surface area contributed by atoms with Crippen LogP contribution >= 0.6 is 34.2 Å². The van der Waals surface area contributed by atoms with Gasteiger partial charge in [-0.15, -0.1) is 0 Å². The molecule has 0 unspecified atom stereocenters. The Kier molecular flexibility index (Phi) is 5.00. The molecule has 0 aliphatic rings. The summed E-state index contributed by atoms with van der Waals surface area (Å²) in [6.07, 6.45) is 5.01. The number of amides is 1. The van der Waals surface area contributed by atoms with Crippen LogP contribution in [0.15, 0.2) is 55.1 Å². The summed E-state index contributed by atoms with van der Waals surface area (Å²) in [5.74, 6) is -0.445. The Morgan fingerprint density at radius 3 is 2.72 bits per heavy atom. The molecule has 25 heavy (non-hydrogen) atoms. The Labute approximate surface area is 160 Å². The molecule has 1 N–H and O–H groups in total. The Hall–Kier alpha value is -2.46. The highest BCUT2D eigenvalue weighted by atomic mass is 127. The molecule has 1 aromatic heterocycles. The number of anilines is 1. The van der Waals surface area contributed by atoms with Crippen molar-refractivity contribution in [3.8, 4) is 5.69 Å². The number of aromatic nitrogens is 2. The van der Waals surface area contributed by atoms with E-state index in [-0.39, 0.29) is 11.3 Å². The van der Waals surface area contributed by atoms with Crippen molar-refractivity contribution >= 4 is 51.5 Å². The van der Waals surface area contributed by atoms with Gasteiger partial charge in [0.05, 0.1) is 27.5 Å². The minimum absolute atomic E-state index is 0.140. The summed E-state index contributed by atoms with van der Waals surface area (Å²) in [6, 6.07) is 9.19. The fraction of sp³-hybridized carbons (Fsp3) is 0. The first-order chi connectivity index (χ1) is 12.0. The maximum absolute atomic E-state index is 12.4. The van der Waals surface area contributed by atoms with Crippen LogP contribution in [0, 0.1) is 13.7 Å². The van der Waals surface area contributed by atoms with Gasteiger partial charge in [-0.05, 0) is 46.9 Å². The average molecular weight is 469 g/mol. The van der Waals surface area contributed by atoms with Gasteiger partial charge in [0.1, 0.15) is 0 Å². The first-order valence-electron chi connectivity index (χ1n) is 6.99. The first-order valence-corrected chi connectivity index (χ1v) is 8.44. The van der Waals surface area contributed by atoms with E-state index in [9.17, 15) is 14.9 Å². The summed E-state index contributed by atoms with van der Waals surface area (Å²) in [6.45, 7) is 0. The molecule has 3 aromatic rings. The number of carbonyl (C=O) groups excluding carboxylic acids is 1. The minimum Gasteiger partial charge on any atom is -0.322 e. The summed E-state index contributed by atoms with van der Waals surface area (Å²) in [4.78, 5) is 26.7. The molecule has 3 rings (SSSR count). The van der Waals surface area contributed by atoms with E-state index in [4.69, 9.17) is 11.6 Å². The lowest BCUT2D eigenvalue weighted by atomic mass is 10.2. The molecule has 126 valence electrons. The zero-order chi connectivity index (χ0) is 18.0. The molecule has 0 aliphatic heterocycles. The second kappa shape index (κ2) is 7.19. The van der Waals surface area contributed by atoms with Crippen LogP contribution in [0.1, 0.15) is 10.4 Å². The highest BCUT2D eigenvalue weighted by Gasteiger charge is 2.16. The zero-order valence-electron chi connectivity index (χ0n) is 12.5. The maximum Gasteiger partial charge on any atom is 0.270 e. The lowest BCUT2D eigenvalue weighted by Crippen LogP contribution is -2.14. The van der Waals surface area contributed by atoms with Gasteiger partial charge in [-0.2, -0.15) is 0 Å². The topological polar surface area (TPSA) is 90.1 Å². The Bertz CT molecular complexity index is 960. The number of hydrogen-bond acceptors (Lipinski definition) is 4. The average Bonchev–Trinajstić information content (AvgIpc) is 3.09. The van der Waals surface area contributed by atoms with Gasteiger partial charge < -0.3 is 9.88 Å². The van der Waals surface area contributed by atoms with Gasteiger partial charge in [-0.3, -0.25) is 14.9 Å². The van der Waals surface area contributed by atoms with E-state index in [1.165, 1.54) is 18.2 Å². The molecule has 2 aromatic carbocycles. The fourth-order valence-corrected chi connectivity index (χ4v) is 3.05. The highest BCUT2D eigenvalue weighted by Crippen LogP contribution is 2.26. The molecule has 0 atom stereocenters. The van der Waals surface area contributed by atoms with Crippen molar-refractivity contribution in [1.82, 2.24) is 9.55 Å². The van der Waals surface area contributed by atoms with E-state index in [2.05, 4.69) is 10.3 Å². The van der Waals surface area contributed by atoms with Crippen molar-refractivity contribution in [2.75, 3.05) is 5.32 Å². The second-order valence-corrected chi connectivity index (χ2v) is 6.58. The van der Waals surface area contributed by atoms with Crippen LogP contribution in [0.25, 0.3) is 5.69 Å². The smallest absolute Gasteiger partial charge is 0.270 e. The summed E-state index contributed by atoms with van der Waals surface area (Å²) in [7, 11) is 0. The zero-order valence-corrected chi connectivity index (χ0v) is 15.4. The molecule has 7 nitrogen and oxygen atoms in total. The van der Waals surface area contributed by atoms with Crippen molar-refractivity contribution < 1.29 is 9.72 Å². The predicted octanol–water partition coefficient (Wildman–Crippen LogP) is 4.29. The van der Waals surface area contributed by atoms with Crippen LogP contribution < -0.4 is 5.32 Å². The number of halogens is 2. The number of imidazole rings is 1. The molecule has 0 saturated carbocycles. The Morgan fingerprint density at radius 2 is 2.08 bits per heavy atom. The lowest BCUT2D eigenvalue weighted by Gasteiger charge is -2.10. The molecule has 0 bridgehead atoms. The van der Waals surface area contributed by atoms with E-state index < -0.39 is 10.8 Å². The molecule has 9 heteroatoms. The molecule has 0 saturated heterocycles. The van der Waals surface area contributed by atoms with Gasteiger partial charge in [0.2, 0.25) is 0 Å². The number of non-ortho nitro benzene ring substituents is 1. The van der Waals surface area contributed by atoms with E-state index in [0.717, 1.165) is 5.69 Å². The summed E-state index contributed by atoms with van der Waals surface area (Å²) < 4.78 is 2.36. The number of nitro benzene ring substituents is 1. The van der Waals surface area contributed by atoms with Crippen molar-refractivity contribution in [3.05, 3.63) is 79.4 Å². The van der Waals surface area contributed by atoms with E-state index in [0.29, 0.717) is 14.3 Å². The number of nitrogens with zero attached hydrogens (tertiary/aromatic N) is 3. The number of rotatable bonds is 4. The third kappa shape index (κ3) is 3.80. The molecule has 1 heterocycles. The van der Waals surface area contributed by atoms with Crippen molar-refractivity contribution in [1.29, 1.82) is 0 Å². The molecule has 0 aliphatic carbocycles. The van der Waals surface area contributed by atoms with Crippen molar-refractivity contribution in [2.45, 2.75) is 0 Å². The Balaban J connectivity index is 1.85. The van der Waals surface area contributed by atoms with E-state index in [1.54, 1.807) is 41.5 Å². The molecular weight excluding hydrogens is 459 g/mol. The van der Waals surface area contributed by atoms with Crippen LogP contribution in [0.5, 0.6) is 0 Å². The molecule has 0 fully saturated rings. The van der Waals surface area contributed by atoms with Gasteiger partial charge in [0, 0.05) is 33.8 Å². The van der Waals surface area contributed by atoms with Crippen LogP contribution in [0.4, 0.5) is 11.4 Å². The lowest BCUT2D eigenvalue weighted by molar-refractivity contribution is -0.384. The molecular formula is C16H10ClIN4O3. The standard InChI is InChI=1S/C16H10ClIN4O3/c17-13-7-10(1-4-15(13)21-6-5-19-9-21)20-16(23)12-8-11(22(24)25)2-3-14(12)18/h1-9H,(H,20,23). The summed E-state index contributed by atoms with van der Waals surface area (Å²) >= 11 is 8.22. The summed E-state index contributed by atoms with van der Waals surface area (Å²) in [5.41, 5.74) is 1.30. The van der Waals surface area contributed by atoms with E-state index >= 15 is 0 Å². The van der Waals surface area contributed by atoms with Crippen LogP contribution in [-0.2, 0) is 0 Å². The van der Waals surface area contributed by atoms with Gasteiger partial charge in [-0.25, -0.2) is 4.98 Å². The maximum atomic E-state index is 12.4. The van der Waals surface area contributed by atoms with Gasteiger partial charge in [0.15, 0.2) is 0 Å². The van der Waals surface area contributed by atoms with E-state index in [1.807, 2.05) is 22.6 Å². The largest absolute Gasteiger partial charge is 0.322 e. The van der Waals surface area contributed by atoms with Gasteiger partial charge >= 0.3 is 0 Å². The van der Waals surface area contributed by atoms with Gasteiger partial charge in [-0.1, -0.05) is 11.6 Å². The number of nitro groups is 1. The highest BCUT2D eigenvalue weighted by molar-refractivity contribution is 14.1. The summed E-state index contributed by atoms with van der Waals surface area (Å²) in [5, 5.41) is 14.0. The predicted molar refractivity (Wildman–Crippen MR) is 102 cm³/mol. The van der Waals surface area contributed by atoms with Gasteiger partial charge in [0.25, 0.3) is 11.6 Å². The molecule has 1 amide bonds. The number of benzene rings is 2. The Morgan fingerprint density at radius 1 is 1.28 bits per heavy atom. The second-order valence-electron chi connectivity index (χ2n) is 5.01. The monoisotopic (exact) mass is 468 g/mol. The van der Waals surface area contributed by atoms with Crippen LogP contribution in [0.2, 0.25) is 5.02 Å². The molecule has 0 spiro atoms. The molecule has 0 radical (unpaired) electrons. The van der Waals surface area contributed by atoms with Crippen LogP contribution in [-0.4, -0.2) is 20.4 Å². The normalized spacial score (nSPS) is 10.5. The SMILES string of the molecule is O=C(Nc1ccc(-n2ccnc2)c(Cl)c1)c1cc([N+](=O)[O-])ccc1I. The van der Waals surface area contributed by atoms with Crippen LogP contribution in [0.3, 0.4) is 0 Å². The number of carbonyl (C=O) groups is 1. The first kappa shape index (κ1) is 17.4. The third-order valence-electron chi connectivity index (χ3n) is 3.39. The number of hydrogen-bond donors (Lipinski definition) is 1.